The summed E-state index contributed by atoms with van der Waals surface area (Å²) in [4.78, 5) is 13.2. The van der Waals surface area contributed by atoms with Crippen LogP contribution in [0.3, 0.4) is 0 Å². The van der Waals surface area contributed by atoms with Crippen LogP contribution in [0.5, 0.6) is 0 Å². The number of aliphatic hydroxyl groups excluding tert-OH is 1. The minimum atomic E-state index is -1.35. The SMILES string of the molecule is CC[C@H]1OC(=O)C(C)[C@@](O)(CNCCNC)[C@H](C)C[C@@H](CO)C[C@@H](C)CN[C@H](C)C[C@]1(C)O. The molecule has 1 rings (SSSR count). The van der Waals surface area contributed by atoms with Crippen LogP contribution in [-0.2, 0) is 9.53 Å². The quantitative estimate of drug-likeness (QED) is 0.241. The molecule has 0 aliphatic carbocycles. The van der Waals surface area contributed by atoms with E-state index in [0.717, 1.165) is 19.5 Å². The first kappa shape index (κ1) is 30.3. The lowest BCUT2D eigenvalue weighted by Crippen LogP contribution is -2.55. The molecule has 1 heterocycles. The summed E-state index contributed by atoms with van der Waals surface area (Å²) in [6, 6.07) is 0.0394. The van der Waals surface area contributed by atoms with E-state index in [1.165, 1.54) is 0 Å². The van der Waals surface area contributed by atoms with Crippen molar-refractivity contribution in [3.05, 3.63) is 0 Å². The van der Waals surface area contributed by atoms with Gasteiger partial charge in [-0.15, -0.1) is 0 Å². The van der Waals surface area contributed by atoms with Crippen molar-refractivity contribution in [2.24, 2.45) is 23.7 Å². The average molecular weight is 474 g/mol. The molecule has 1 aliphatic heterocycles. The van der Waals surface area contributed by atoms with E-state index >= 15 is 0 Å². The Morgan fingerprint density at radius 1 is 1.15 bits per heavy atom. The van der Waals surface area contributed by atoms with E-state index < -0.39 is 29.2 Å². The number of carbonyl (C=O) groups is 1. The van der Waals surface area contributed by atoms with Crippen LogP contribution in [0.2, 0.25) is 0 Å². The standard InChI is InChI=1S/C25H51N3O5/c1-8-22-24(6,31)13-19(4)28-14-17(2)11-21(15-29)12-18(3)25(32,16-27-10-9-26-7)20(5)23(30)33-22/h17-22,26-29,31-32H,8-16H2,1-7H3/t17-,18-,19-,20?,21+,22-,24+,25-/m1/s1. The number of esters is 1. The Morgan fingerprint density at radius 2 is 1.82 bits per heavy atom. The predicted octanol–water partition coefficient (Wildman–Crippen LogP) is 1.28. The summed E-state index contributed by atoms with van der Waals surface area (Å²) < 4.78 is 5.83. The monoisotopic (exact) mass is 473 g/mol. The molecular formula is C25H51N3O5. The molecular weight excluding hydrogens is 422 g/mol. The van der Waals surface area contributed by atoms with Crippen molar-refractivity contribution in [1.29, 1.82) is 0 Å². The summed E-state index contributed by atoms with van der Waals surface area (Å²) in [5.74, 6) is -1.20. The van der Waals surface area contributed by atoms with Crippen LogP contribution in [0, 0.1) is 23.7 Å². The lowest BCUT2D eigenvalue weighted by Gasteiger charge is -2.41. The Morgan fingerprint density at radius 3 is 2.39 bits per heavy atom. The second-order valence-electron chi connectivity index (χ2n) is 10.7. The normalized spacial score (nSPS) is 40.0. The molecule has 0 aromatic carbocycles. The van der Waals surface area contributed by atoms with Gasteiger partial charge >= 0.3 is 5.97 Å². The van der Waals surface area contributed by atoms with E-state index in [-0.39, 0.29) is 31.0 Å². The van der Waals surface area contributed by atoms with Crippen LogP contribution in [-0.4, -0.2) is 84.5 Å². The first-order valence-electron chi connectivity index (χ1n) is 12.8. The molecule has 0 bridgehead atoms. The third-order valence-electron chi connectivity index (χ3n) is 7.45. The molecule has 8 heteroatoms. The van der Waals surface area contributed by atoms with Crippen molar-refractivity contribution >= 4 is 5.97 Å². The molecule has 33 heavy (non-hydrogen) atoms. The van der Waals surface area contributed by atoms with E-state index in [0.29, 0.717) is 31.7 Å². The summed E-state index contributed by atoms with van der Waals surface area (Å²) in [6.07, 6.45) is 1.68. The van der Waals surface area contributed by atoms with Crippen LogP contribution in [0.1, 0.15) is 67.2 Å². The molecule has 8 nitrogen and oxygen atoms in total. The molecule has 1 aliphatic rings. The molecule has 0 aromatic heterocycles. The van der Waals surface area contributed by atoms with Gasteiger partial charge in [0.05, 0.1) is 11.5 Å². The maximum atomic E-state index is 13.2. The highest BCUT2D eigenvalue weighted by Crippen LogP contribution is 2.34. The topological polar surface area (TPSA) is 123 Å². The maximum Gasteiger partial charge on any atom is 0.312 e. The zero-order valence-corrected chi connectivity index (χ0v) is 22.0. The summed E-state index contributed by atoms with van der Waals surface area (Å²) >= 11 is 0. The Balaban J connectivity index is 3.26. The third kappa shape index (κ3) is 9.07. The van der Waals surface area contributed by atoms with Gasteiger partial charge in [-0.25, -0.2) is 0 Å². The third-order valence-corrected chi connectivity index (χ3v) is 7.45. The average Bonchev–Trinajstić information content (AvgIpc) is 2.76. The highest BCUT2D eigenvalue weighted by molar-refractivity contribution is 5.74. The van der Waals surface area contributed by atoms with E-state index in [9.17, 15) is 20.1 Å². The van der Waals surface area contributed by atoms with E-state index in [2.05, 4.69) is 22.9 Å². The van der Waals surface area contributed by atoms with E-state index in [1.54, 1.807) is 13.8 Å². The van der Waals surface area contributed by atoms with Crippen molar-refractivity contribution in [2.75, 3.05) is 39.8 Å². The molecule has 196 valence electrons. The van der Waals surface area contributed by atoms with Crippen molar-refractivity contribution < 1.29 is 24.9 Å². The van der Waals surface area contributed by atoms with Gasteiger partial charge in [0, 0.05) is 32.3 Å². The van der Waals surface area contributed by atoms with Gasteiger partial charge in [0.1, 0.15) is 11.7 Å². The molecule has 0 amide bonds. The van der Waals surface area contributed by atoms with E-state index in [4.69, 9.17) is 4.74 Å². The minimum absolute atomic E-state index is 0.0239. The molecule has 0 spiro atoms. The van der Waals surface area contributed by atoms with Crippen LogP contribution >= 0.6 is 0 Å². The number of ether oxygens (including phenoxy) is 1. The summed E-state index contributed by atoms with van der Waals surface area (Å²) in [7, 11) is 1.86. The molecule has 0 radical (unpaired) electrons. The highest BCUT2D eigenvalue weighted by atomic mass is 16.6. The van der Waals surface area contributed by atoms with Crippen molar-refractivity contribution in [3.63, 3.8) is 0 Å². The van der Waals surface area contributed by atoms with Gasteiger partial charge in [0.15, 0.2) is 0 Å². The molecule has 1 saturated heterocycles. The van der Waals surface area contributed by atoms with Crippen molar-refractivity contribution in [3.8, 4) is 0 Å². The lowest BCUT2D eigenvalue weighted by molar-refractivity contribution is -0.181. The van der Waals surface area contributed by atoms with Crippen LogP contribution in [0.4, 0.5) is 0 Å². The van der Waals surface area contributed by atoms with Gasteiger partial charge in [0.2, 0.25) is 0 Å². The number of hydrogen-bond acceptors (Lipinski definition) is 8. The fourth-order valence-electron chi connectivity index (χ4n) is 5.18. The van der Waals surface area contributed by atoms with Crippen molar-refractivity contribution in [1.82, 2.24) is 16.0 Å². The van der Waals surface area contributed by atoms with Gasteiger partial charge in [-0.05, 0) is 77.8 Å². The molecule has 0 saturated carbocycles. The number of aliphatic hydroxyl groups is 3. The van der Waals surface area contributed by atoms with Crippen LogP contribution < -0.4 is 16.0 Å². The predicted molar refractivity (Wildman–Crippen MR) is 132 cm³/mol. The van der Waals surface area contributed by atoms with E-state index in [1.807, 2.05) is 27.8 Å². The number of hydrogen-bond donors (Lipinski definition) is 6. The first-order chi connectivity index (χ1) is 15.4. The number of cyclic esters (lactones) is 1. The first-order valence-corrected chi connectivity index (χ1v) is 12.8. The van der Waals surface area contributed by atoms with Crippen LogP contribution in [0.25, 0.3) is 0 Å². The number of carbonyl (C=O) groups excluding carboxylic acids is 1. The smallest absolute Gasteiger partial charge is 0.312 e. The van der Waals surface area contributed by atoms with Crippen molar-refractivity contribution in [2.45, 2.75) is 90.6 Å². The second-order valence-corrected chi connectivity index (χ2v) is 10.7. The van der Waals surface area contributed by atoms with Gasteiger partial charge in [0.25, 0.3) is 0 Å². The Hall–Kier alpha value is -0.770. The zero-order chi connectivity index (χ0) is 25.2. The Kier molecular flexibility index (Phi) is 12.8. The largest absolute Gasteiger partial charge is 0.459 e. The lowest BCUT2D eigenvalue weighted by atomic mass is 9.73. The summed E-state index contributed by atoms with van der Waals surface area (Å²) in [6.45, 7) is 13.9. The fourth-order valence-corrected chi connectivity index (χ4v) is 5.18. The molecule has 8 atom stereocenters. The maximum absolute atomic E-state index is 13.2. The molecule has 1 unspecified atom stereocenters. The number of rotatable bonds is 7. The van der Waals surface area contributed by atoms with Gasteiger partial charge < -0.3 is 36.0 Å². The minimum Gasteiger partial charge on any atom is -0.459 e. The van der Waals surface area contributed by atoms with Gasteiger partial charge in [-0.2, -0.15) is 0 Å². The van der Waals surface area contributed by atoms with Crippen LogP contribution in [0.15, 0.2) is 0 Å². The van der Waals surface area contributed by atoms with Gasteiger partial charge in [-0.1, -0.05) is 20.8 Å². The van der Waals surface area contributed by atoms with Gasteiger partial charge in [-0.3, -0.25) is 4.79 Å². The number of likely N-dealkylation sites (N-methyl/N-ethyl adjacent to an activating group) is 1. The highest BCUT2D eigenvalue weighted by Gasteiger charge is 2.46. The summed E-state index contributed by atoms with van der Waals surface area (Å²) in [5, 5.41) is 42.9. The molecule has 0 aromatic rings. The second kappa shape index (κ2) is 14.0. The number of nitrogens with one attached hydrogen (secondary N) is 3. The Labute approximate surface area is 201 Å². The summed E-state index contributed by atoms with van der Waals surface area (Å²) in [5.41, 5.74) is -2.54. The Bertz CT molecular complexity index is 576. The zero-order valence-electron chi connectivity index (χ0n) is 22.0. The molecule has 6 N–H and O–H groups in total. The fraction of sp³-hybridized carbons (Fsp3) is 0.960. The molecule has 1 fully saturated rings.